The van der Waals surface area contributed by atoms with Crippen molar-refractivity contribution in [3.8, 4) is 0 Å². The van der Waals surface area contributed by atoms with Crippen LogP contribution in [0.1, 0.15) is 62.5 Å². The second-order valence-corrected chi connectivity index (χ2v) is 5.86. The van der Waals surface area contributed by atoms with E-state index in [-0.39, 0.29) is 0 Å². The van der Waals surface area contributed by atoms with Crippen molar-refractivity contribution in [3.05, 3.63) is 53.6 Å². The zero-order valence-corrected chi connectivity index (χ0v) is 13.3. The van der Waals surface area contributed by atoms with Gasteiger partial charge in [-0.25, -0.2) is 4.98 Å². The molecule has 0 spiro atoms. The lowest BCUT2D eigenvalue weighted by molar-refractivity contribution is 0.663. The number of H-pyrrole nitrogens is 1. The number of hydrogen-bond acceptors (Lipinski definition) is 1. The van der Waals surface area contributed by atoms with E-state index >= 15 is 0 Å². The van der Waals surface area contributed by atoms with Gasteiger partial charge in [0.15, 0.2) is 0 Å². The van der Waals surface area contributed by atoms with E-state index < -0.39 is 0 Å². The molecule has 1 N–H and O–H groups in total. The van der Waals surface area contributed by atoms with E-state index in [1.165, 1.54) is 62.0 Å². The predicted molar refractivity (Wildman–Crippen MR) is 89.5 cm³/mol. The highest BCUT2D eigenvalue weighted by Crippen LogP contribution is 2.10. The molecule has 2 nitrogen and oxygen atoms in total. The fourth-order valence-corrected chi connectivity index (χ4v) is 2.67. The van der Waals surface area contributed by atoms with Crippen LogP contribution in [-0.4, -0.2) is 9.97 Å². The van der Waals surface area contributed by atoms with Gasteiger partial charge in [-0.2, -0.15) is 0 Å². The Hall–Kier alpha value is -1.57. The Balaban J connectivity index is 1.58. The third-order valence-corrected chi connectivity index (χ3v) is 3.95. The third kappa shape index (κ3) is 6.16. The zero-order chi connectivity index (χ0) is 14.8. The number of aryl methyl sites for hydroxylation is 3. The minimum absolute atomic E-state index is 1.09. The van der Waals surface area contributed by atoms with E-state index in [2.05, 4.69) is 47.2 Å². The zero-order valence-electron chi connectivity index (χ0n) is 13.3. The fourth-order valence-electron chi connectivity index (χ4n) is 2.67. The highest BCUT2D eigenvalue weighted by molar-refractivity contribution is 5.14. The number of benzene rings is 1. The Labute approximate surface area is 129 Å². The Morgan fingerprint density at radius 2 is 1.62 bits per heavy atom. The molecule has 0 fully saturated rings. The first-order chi connectivity index (χ1) is 10.4. The summed E-state index contributed by atoms with van der Waals surface area (Å²) < 4.78 is 0. The van der Waals surface area contributed by atoms with Gasteiger partial charge in [-0.05, 0) is 37.7 Å². The molecule has 114 valence electrons. The van der Waals surface area contributed by atoms with Crippen molar-refractivity contribution < 1.29 is 0 Å². The monoisotopic (exact) mass is 284 g/mol. The fraction of sp³-hybridized carbons (Fsp3) is 0.526. The van der Waals surface area contributed by atoms with Crippen molar-refractivity contribution in [2.45, 2.75) is 64.7 Å². The SMILES string of the molecule is CCCCCc1cnc(CCCCCc2ccccc2)[nH]1. The van der Waals surface area contributed by atoms with Gasteiger partial charge >= 0.3 is 0 Å². The molecule has 2 heteroatoms. The Kier molecular flexibility index (Phi) is 7.06. The summed E-state index contributed by atoms with van der Waals surface area (Å²) in [6.07, 6.45) is 13.1. The molecule has 1 aromatic carbocycles. The van der Waals surface area contributed by atoms with E-state index in [1.54, 1.807) is 0 Å². The number of aromatic amines is 1. The molecule has 1 aromatic heterocycles. The number of hydrogen-bond donors (Lipinski definition) is 1. The molecule has 0 aliphatic carbocycles. The summed E-state index contributed by atoms with van der Waals surface area (Å²) in [5.41, 5.74) is 2.76. The topological polar surface area (TPSA) is 28.7 Å². The second-order valence-electron chi connectivity index (χ2n) is 5.86. The van der Waals surface area contributed by atoms with Gasteiger partial charge in [-0.1, -0.05) is 56.5 Å². The molecule has 0 saturated heterocycles. The average Bonchev–Trinajstić information content (AvgIpc) is 2.96. The van der Waals surface area contributed by atoms with Crippen LogP contribution in [0, 0.1) is 0 Å². The van der Waals surface area contributed by atoms with E-state index in [0.717, 1.165) is 12.8 Å². The molecule has 21 heavy (non-hydrogen) atoms. The molecule has 0 aliphatic heterocycles. The summed E-state index contributed by atoms with van der Waals surface area (Å²) in [5.74, 6) is 1.17. The molecule has 0 unspecified atom stereocenters. The molecular weight excluding hydrogens is 256 g/mol. The number of imidazole rings is 1. The Morgan fingerprint density at radius 1 is 0.857 bits per heavy atom. The van der Waals surface area contributed by atoms with Crippen molar-refractivity contribution in [2.75, 3.05) is 0 Å². The molecule has 0 atom stereocenters. The number of aromatic nitrogens is 2. The molecule has 0 amide bonds. The van der Waals surface area contributed by atoms with Crippen LogP contribution in [0.4, 0.5) is 0 Å². The van der Waals surface area contributed by atoms with Crippen LogP contribution in [-0.2, 0) is 19.3 Å². The molecule has 0 radical (unpaired) electrons. The van der Waals surface area contributed by atoms with Crippen LogP contribution < -0.4 is 0 Å². The molecule has 2 rings (SSSR count). The van der Waals surface area contributed by atoms with Crippen LogP contribution >= 0.6 is 0 Å². The standard InChI is InChI=1S/C19H28N2/c1-2-3-6-14-18-16-20-19(21-18)15-10-5-9-13-17-11-7-4-8-12-17/h4,7-8,11-12,16H,2-3,5-6,9-10,13-15H2,1H3,(H,20,21). The summed E-state index contributed by atoms with van der Waals surface area (Å²) >= 11 is 0. The van der Waals surface area contributed by atoms with Crippen LogP contribution in [0.3, 0.4) is 0 Å². The van der Waals surface area contributed by atoms with Crippen molar-refractivity contribution in [1.29, 1.82) is 0 Å². The van der Waals surface area contributed by atoms with Gasteiger partial charge in [-0.3, -0.25) is 0 Å². The smallest absolute Gasteiger partial charge is 0.106 e. The van der Waals surface area contributed by atoms with Crippen LogP contribution in [0.5, 0.6) is 0 Å². The summed E-state index contributed by atoms with van der Waals surface area (Å²) in [6, 6.07) is 10.8. The van der Waals surface area contributed by atoms with E-state index in [4.69, 9.17) is 0 Å². The maximum absolute atomic E-state index is 4.50. The van der Waals surface area contributed by atoms with E-state index in [0.29, 0.717) is 0 Å². The molecule has 0 bridgehead atoms. The van der Waals surface area contributed by atoms with Crippen molar-refractivity contribution in [1.82, 2.24) is 9.97 Å². The second kappa shape index (κ2) is 9.38. The third-order valence-electron chi connectivity index (χ3n) is 3.95. The number of nitrogens with zero attached hydrogens (tertiary/aromatic N) is 1. The van der Waals surface area contributed by atoms with Gasteiger partial charge in [0, 0.05) is 18.3 Å². The van der Waals surface area contributed by atoms with Crippen molar-refractivity contribution >= 4 is 0 Å². The lowest BCUT2D eigenvalue weighted by Gasteiger charge is -2.01. The Morgan fingerprint density at radius 3 is 2.43 bits per heavy atom. The summed E-state index contributed by atoms with van der Waals surface area (Å²) in [6.45, 7) is 2.24. The largest absolute Gasteiger partial charge is 0.346 e. The normalized spacial score (nSPS) is 10.9. The van der Waals surface area contributed by atoms with Gasteiger partial charge in [0.25, 0.3) is 0 Å². The summed E-state index contributed by atoms with van der Waals surface area (Å²) in [4.78, 5) is 7.96. The molecule has 1 heterocycles. The molecule has 2 aromatic rings. The lowest BCUT2D eigenvalue weighted by Crippen LogP contribution is -1.91. The van der Waals surface area contributed by atoms with E-state index in [1.807, 2.05) is 6.20 Å². The first-order valence-electron chi connectivity index (χ1n) is 8.45. The minimum Gasteiger partial charge on any atom is -0.346 e. The predicted octanol–water partition coefficient (Wildman–Crippen LogP) is 5.10. The first kappa shape index (κ1) is 15.8. The highest BCUT2D eigenvalue weighted by atomic mass is 14.9. The first-order valence-corrected chi connectivity index (χ1v) is 8.45. The number of nitrogens with one attached hydrogen (secondary N) is 1. The van der Waals surface area contributed by atoms with Crippen LogP contribution in [0.15, 0.2) is 36.5 Å². The van der Waals surface area contributed by atoms with Crippen LogP contribution in [0.25, 0.3) is 0 Å². The van der Waals surface area contributed by atoms with Gasteiger partial charge in [0.1, 0.15) is 5.82 Å². The quantitative estimate of drug-likeness (QED) is 0.604. The Bertz CT molecular complexity index is 487. The molecule has 0 aliphatic rings. The molecule has 0 saturated carbocycles. The number of unbranched alkanes of at least 4 members (excludes halogenated alkanes) is 4. The number of rotatable bonds is 10. The average molecular weight is 284 g/mol. The van der Waals surface area contributed by atoms with Crippen molar-refractivity contribution in [3.63, 3.8) is 0 Å². The maximum Gasteiger partial charge on any atom is 0.106 e. The summed E-state index contributed by atoms with van der Waals surface area (Å²) in [5, 5.41) is 0. The van der Waals surface area contributed by atoms with Gasteiger partial charge in [-0.15, -0.1) is 0 Å². The van der Waals surface area contributed by atoms with Gasteiger partial charge in [0.05, 0.1) is 0 Å². The van der Waals surface area contributed by atoms with Gasteiger partial charge in [0.2, 0.25) is 0 Å². The van der Waals surface area contributed by atoms with Crippen LogP contribution in [0.2, 0.25) is 0 Å². The maximum atomic E-state index is 4.50. The van der Waals surface area contributed by atoms with E-state index in [9.17, 15) is 0 Å². The summed E-state index contributed by atoms with van der Waals surface area (Å²) in [7, 11) is 0. The lowest BCUT2D eigenvalue weighted by atomic mass is 10.1. The van der Waals surface area contributed by atoms with Crippen molar-refractivity contribution in [2.24, 2.45) is 0 Å². The van der Waals surface area contributed by atoms with Gasteiger partial charge < -0.3 is 4.98 Å². The molecular formula is C19H28N2. The minimum atomic E-state index is 1.09. The highest BCUT2D eigenvalue weighted by Gasteiger charge is 2.01.